The Morgan fingerprint density at radius 1 is 1.17 bits per heavy atom. The summed E-state index contributed by atoms with van der Waals surface area (Å²) in [5, 5.41) is 1.25. The second-order valence-electron chi connectivity index (χ2n) is 4.55. The standard InChI is InChI=1S/C14H19Cl2N2/c1-4-6-7-18-10(3)17(5-2)13-8-11(15)12(16)9-14(13)18/h8-9H,4-7H2,1-3H3/q+1. The summed E-state index contributed by atoms with van der Waals surface area (Å²) < 4.78 is 4.62. The molecular weight excluding hydrogens is 267 g/mol. The highest BCUT2D eigenvalue weighted by Crippen LogP contribution is 2.27. The zero-order chi connectivity index (χ0) is 13.3. The lowest BCUT2D eigenvalue weighted by molar-refractivity contribution is -0.678. The topological polar surface area (TPSA) is 8.81 Å². The predicted octanol–water partition coefficient (Wildman–Crippen LogP) is 4.36. The van der Waals surface area contributed by atoms with Gasteiger partial charge >= 0.3 is 0 Å². The van der Waals surface area contributed by atoms with Crippen molar-refractivity contribution in [2.45, 2.75) is 46.7 Å². The average molecular weight is 286 g/mol. The number of hydrogen-bond acceptors (Lipinski definition) is 0. The summed E-state index contributed by atoms with van der Waals surface area (Å²) in [6, 6.07) is 3.95. The van der Waals surface area contributed by atoms with Crippen molar-refractivity contribution in [1.29, 1.82) is 0 Å². The Balaban J connectivity index is 2.68. The van der Waals surface area contributed by atoms with Gasteiger partial charge in [-0.25, -0.2) is 9.13 Å². The molecule has 2 nitrogen and oxygen atoms in total. The van der Waals surface area contributed by atoms with Gasteiger partial charge in [0.1, 0.15) is 0 Å². The molecule has 0 aliphatic heterocycles. The van der Waals surface area contributed by atoms with E-state index in [1.54, 1.807) is 0 Å². The first-order valence-electron chi connectivity index (χ1n) is 6.47. The molecular formula is C14H19Cl2N2+. The number of benzene rings is 1. The summed E-state index contributed by atoms with van der Waals surface area (Å²) in [6.45, 7) is 8.49. The Kier molecular flexibility index (Phi) is 4.18. The van der Waals surface area contributed by atoms with Crippen molar-refractivity contribution >= 4 is 34.2 Å². The molecule has 4 heteroatoms. The highest BCUT2D eigenvalue weighted by Gasteiger charge is 2.21. The lowest BCUT2D eigenvalue weighted by Gasteiger charge is -1.99. The van der Waals surface area contributed by atoms with Crippen LogP contribution in [-0.4, -0.2) is 4.57 Å². The second-order valence-corrected chi connectivity index (χ2v) is 5.37. The molecule has 0 aliphatic rings. The van der Waals surface area contributed by atoms with E-state index in [0.29, 0.717) is 10.0 Å². The minimum Gasteiger partial charge on any atom is -0.228 e. The Labute approximate surface area is 118 Å². The van der Waals surface area contributed by atoms with Gasteiger partial charge in [-0.1, -0.05) is 36.5 Å². The summed E-state index contributed by atoms with van der Waals surface area (Å²) >= 11 is 12.3. The van der Waals surface area contributed by atoms with Gasteiger partial charge in [-0.05, 0) is 13.3 Å². The zero-order valence-corrected chi connectivity index (χ0v) is 12.6. The third-order valence-corrected chi connectivity index (χ3v) is 4.15. The molecule has 0 bridgehead atoms. The SMILES string of the molecule is CCCC[n+]1c(C)n(CC)c2cc(Cl)c(Cl)cc21. The van der Waals surface area contributed by atoms with Crippen molar-refractivity contribution < 1.29 is 4.57 Å². The van der Waals surface area contributed by atoms with E-state index in [-0.39, 0.29) is 0 Å². The maximum Gasteiger partial charge on any atom is 0.254 e. The van der Waals surface area contributed by atoms with Crippen molar-refractivity contribution in [3.05, 3.63) is 28.0 Å². The molecule has 18 heavy (non-hydrogen) atoms. The molecule has 0 atom stereocenters. The predicted molar refractivity (Wildman–Crippen MR) is 77.5 cm³/mol. The number of nitrogens with zero attached hydrogens (tertiary/aromatic N) is 2. The molecule has 0 radical (unpaired) electrons. The fourth-order valence-electron chi connectivity index (χ4n) is 2.45. The van der Waals surface area contributed by atoms with Crippen molar-refractivity contribution in [1.82, 2.24) is 4.57 Å². The molecule has 0 saturated heterocycles. The Morgan fingerprint density at radius 3 is 2.44 bits per heavy atom. The number of imidazole rings is 1. The van der Waals surface area contributed by atoms with Gasteiger partial charge in [0, 0.05) is 19.1 Å². The van der Waals surface area contributed by atoms with Gasteiger partial charge in [0.25, 0.3) is 5.82 Å². The summed E-state index contributed by atoms with van der Waals surface area (Å²) in [5.41, 5.74) is 2.35. The fourth-order valence-corrected chi connectivity index (χ4v) is 2.77. The van der Waals surface area contributed by atoms with Crippen LogP contribution in [0.4, 0.5) is 0 Å². The number of aromatic nitrogens is 2. The molecule has 0 N–H and O–H groups in total. The highest BCUT2D eigenvalue weighted by molar-refractivity contribution is 6.42. The fraction of sp³-hybridized carbons (Fsp3) is 0.500. The van der Waals surface area contributed by atoms with E-state index in [0.717, 1.165) is 13.1 Å². The van der Waals surface area contributed by atoms with Gasteiger partial charge in [0.2, 0.25) is 0 Å². The van der Waals surface area contributed by atoms with Crippen LogP contribution in [0.3, 0.4) is 0 Å². The number of hydrogen-bond donors (Lipinski definition) is 0. The molecule has 1 heterocycles. The minimum atomic E-state index is 0.624. The summed E-state index contributed by atoms with van der Waals surface area (Å²) in [7, 11) is 0. The third kappa shape index (κ3) is 2.24. The van der Waals surface area contributed by atoms with Gasteiger partial charge in [-0.15, -0.1) is 0 Å². The van der Waals surface area contributed by atoms with E-state index < -0.39 is 0 Å². The van der Waals surface area contributed by atoms with Crippen LogP contribution < -0.4 is 4.57 Å². The van der Waals surface area contributed by atoms with Crippen LogP contribution in [0.2, 0.25) is 10.0 Å². The molecule has 0 fully saturated rings. The van der Waals surface area contributed by atoms with E-state index in [1.165, 1.54) is 29.7 Å². The van der Waals surface area contributed by atoms with E-state index >= 15 is 0 Å². The summed E-state index contributed by atoms with van der Waals surface area (Å²) in [4.78, 5) is 0. The molecule has 0 saturated carbocycles. The Bertz CT molecular complexity index is 573. The molecule has 1 aromatic carbocycles. The second kappa shape index (κ2) is 5.50. The first kappa shape index (κ1) is 13.7. The first-order valence-corrected chi connectivity index (χ1v) is 7.23. The molecule has 98 valence electrons. The number of aryl methyl sites for hydroxylation is 2. The smallest absolute Gasteiger partial charge is 0.228 e. The monoisotopic (exact) mass is 285 g/mol. The van der Waals surface area contributed by atoms with Crippen molar-refractivity contribution in [3.8, 4) is 0 Å². The van der Waals surface area contributed by atoms with Crippen LogP contribution in [0.15, 0.2) is 12.1 Å². The molecule has 2 aromatic rings. The molecule has 0 amide bonds. The number of unbranched alkanes of at least 4 members (excludes halogenated alkanes) is 1. The zero-order valence-electron chi connectivity index (χ0n) is 11.1. The van der Waals surface area contributed by atoms with E-state index in [1.807, 2.05) is 12.1 Å². The van der Waals surface area contributed by atoms with E-state index in [2.05, 4.69) is 29.9 Å². The van der Waals surface area contributed by atoms with Crippen molar-refractivity contribution in [3.63, 3.8) is 0 Å². The first-order chi connectivity index (χ1) is 8.60. The van der Waals surface area contributed by atoms with E-state index in [9.17, 15) is 0 Å². The Morgan fingerprint density at radius 2 is 1.83 bits per heavy atom. The normalized spacial score (nSPS) is 11.4. The maximum absolute atomic E-state index is 6.14. The van der Waals surface area contributed by atoms with Crippen LogP contribution in [0.25, 0.3) is 11.0 Å². The van der Waals surface area contributed by atoms with Crippen LogP contribution >= 0.6 is 23.2 Å². The van der Waals surface area contributed by atoms with Crippen LogP contribution in [-0.2, 0) is 13.1 Å². The number of rotatable bonds is 4. The summed E-state index contributed by atoms with van der Waals surface area (Å²) in [6.07, 6.45) is 2.36. The van der Waals surface area contributed by atoms with Crippen LogP contribution in [0.1, 0.15) is 32.5 Å². The minimum absolute atomic E-state index is 0.624. The van der Waals surface area contributed by atoms with Crippen LogP contribution in [0.5, 0.6) is 0 Å². The lowest BCUT2D eigenvalue weighted by atomic mass is 10.3. The van der Waals surface area contributed by atoms with Crippen LogP contribution in [0, 0.1) is 6.92 Å². The third-order valence-electron chi connectivity index (χ3n) is 3.43. The molecule has 1 aromatic heterocycles. The lowest BCUT2D eigenvalue weighted by Crippen LogP contribution is -2.36. The molecule has 0 spiro atoms. The summed E-state index contributed by atoms with van der Waals surface area (Å²) in [5.74, 6) is 1.26. The van der Waals surface area contributed by atoms with Crippen molar-refractivity contribution in [2.24, 2.45) is 0 Å². The van der Waals surface area contributed by atoms with Crippen molar-refractivity contribution in [2.75, 3.05) is 0 Å². The quantitative estimate of drug-likeness (QED) is 0.738. The Hall–Kier alpha value is -0.730. The molecule has 2 rings (SSSR count). The molecule has 0 aliphatic carbocycles. The number of fused-ring (bicyclic) bond motifs is 1. The number of halogens is 2. The van der Waals surface area contributed by atoms with Gasteiger partial charge < -0.3 is 0 Å². The van der Waals surface area contributed by atoms with Gasteiger partial charge in [0.05, 0.1) is 23.1 Å². The average Bonchev–Trinajstić information content (AvgIpc) is 2.59. The largest absolute Gasteiger partial charge is 0.254 e. The van der Waals surface area contributed by atoms with Gasteiger partial charge in [-0.2, -0.15) is 0 Å². The maximum atomic E-state index is 6.14. The van der Waals surface area contributed by atoms with Gasteiger partial charge in [-0.3, -0.25) is 0 Å². The van der Waals surface area contributed by atoms with Gasteiger partial charge in [0.15, 0.2) is 11.0 Å². The van der Waals surface area contributed by atoms with E-state index in [4.69, 9.17) is 23.2 Å². The molecule has 0 unspecified atom stereocenters. The highest BCUT2D eigenvalue weighted by atomic mass is 35.5.